The van der Waals surface area contributed by atoms with Gasteiger partial charge in [0, 0.05) is 6.04 Å². The minimum Gasteiger partial charge on any atom is -0.271 e. The Morgan fingerprint density at radius 1 is 1.56 bits per heavy atom. The van der Waals surface area contributed by atoms with E-state index in [9.17, 15) is 0 Å². The molecule has 0 aliphatic heterocycles. The Balaban J connectivity index is 2.20. The van der Waals surface area contributed by atoms with Gasteiger partial charge in [-0.05, 0) is 25.2 Å². The first-order valence-corrected chi connectivity index (χ1v) is 3.83. The molecule has 1 aliphatic carbocycles. The van der Waals surface area contributed by atoms with Crippen molar-refractivity contribution < 1.29 is 0 Å². The van der Waals surface area contributed by atoms with Crippen LogP contribution < -0.4 is 11.3 Å². The smallest absolute Gasteiger partial charge is 0.0213 e. The molecule has 0 bridgehead atoms. The van der Waals surface area contributed by atoms with Crippen LogP contribution in [0.1, 0.15) is 32.6 Å². The molecule has 0 saturated heterocycles. The molecule has 0 aromatic carbocycles. The van der Waals surface area contributed by atoms with E-state index in [1.165, 1.54) is 25.7 Å². The van der Waals surface area contributed by atoms with Crippen molar-refractivity contribution in [2.45, 2.75) is 38.6 Å². The lowest BCUT2D eigenvalue weighted by atomic mass is 10.1. The van der Waals surface area contributed by atoms with E-state index in [-0.39, 0.29) is 0 Å². The first-order valence-electron chi connectivity index (χ1n) is 3.83. The van der Waals surface area contributed by atoms with Crippen LogP contribution in [0.15, 0.2) is 0 Å². The van der Waals surface area contributed by atoms with E-state index in [0.717, 1.165) is 5.92 Å². The molecule has 2 atom stereocenters. The summed E-state index contributed by atoms with van der Waals surface area (Å²) in [5.74, 6) is 6.24. The van der Waals surface area contributed by atoms with Gasteiger partial charge in [-0.2, -0.15) is 0 Å². The minimum absolute atomic E-state index is 0.606. The van der Waals surface area contributed by atoms with Crippen LogP contribution >= 0.6 is 0 Å². The summed E-state index contributed by atoms with van der Waals surface area (Å²) in [6.07, 6.45) is 5.24. The zero-order valence-electron chi connectivity index (χ0n) is 6.06. The van der Waals surface area contributed by atoms with Crippen molar-refractivity contribution in [3.63, 3.8) is 0 Å². The molecule has 54 valence electrons. The second kappa shape index (κ2) is 3.18. The van der Waals surface area contributed by atoms with Gasteiger partial charge in [0.25, 0.3) is 0 Å². The van der Waals surface area contributed by atoms with Crippen molar-refractivity contribution in [3.8, 4) is 0 Å². The highest BCUT2D eigenvalue weighted by molar-refractivity contribution is 4.77. The summed E-state index contributed by atoms with van der Waals surface area (Å²) in [5.41, 5.74) is 2.83. The van der Waals surface area contributed by atoms with E-state index >= 15 is 0 Å². The van der Waals surface area contributed by atoms with E-state index in [4.69, 9.17) is 5.84 Å². The van der Waals surface area contributed by atoms with Crippen LogP contribution in [0.5, 0.6) is 0 Å². The van der Waals surface area contributed by atoms with Gasteiger partial charge in [-0.1, -0.05) is 13.3 Å². The van der Waals surface area contributed by atoms with E-state index in [1.807, 2.05) is 0 Å². The van der Waals surface area contributed by atoms with Crippen molar-refractivity contribution in [1.29, 1.82) is 0 Å². The molecular weight excluding hydrogens is 112 g/mol. The third-order valence-electron chi connectivity index (χ3n) is 2.35. The molecule has 2 nitrogen and oxygen atoms in total. The summed E-state index contributed by atoms with van der Waals surface area (Å²) in [7, 11) is 0. The van der Waals surface area contributed by atoms with Gasteiger partial charge >= 0.3 is 0 Å². The van der Waals surface area contributed by atoms with Gasteiger partial charge in [-0.3, -0.25) is 11.3 Å². The molecule has 0 aromatic heterocycles. The molecule has 1 aliphatic rings. The Bertz CT molecular complexity index is 73.0. The molecule has 0 aromatic rings. The summed E-state index contributed by atoms with van der Waals surface area (Å²) < 4.78 is 0. The predicted molar refractivity (Wildman–Crippen MR) is 38.7 cm³/mol. The zero-order chi connectivity index (χ0) is 6.69. The maximum absolute atomic E-state index is 5.30. The third kappa shape index (κ3) is 1.66. The molecule has 1 fully saturated rings. The molecule has 0 spiro atoms. The number of hydrogen-bond acceptors (Lipinski definition) is 2. The molecule has 2 heteroatoms. The predicted octanol–water partition coefficient (Wildman–Crippen LogP) is 1.03. The molecule has 0 heterocycles. The molecule has 1 rings (SSSR count). The van der Waals surface area contributed by atoms with Gasteiger partial charge in [0.05, 0.1) is 0 Å². The van der Waals surface area contributed by atoms with Crippen LogP contribution in [0.25, 0.3) is 0 Å². The summed E-state index contributed by atoms with van der Waals surface area (Å²) in [4.78, 5) is 0. The van der Waals surface area contributed by atoms with Crippen LogP contribution in [-0.2, 0) is 0 Å². The number of hydrazine groups is 1. The van der Waals surface area contributed by atoms with Gasteiger partial charge in [-0.15, -0.1) is 0 Å². The minimum atomic E-state index is 0.606. The molecule has 1 saturated carbocycles. The van der Waals surface area contributed by atoms with Crippen LogP contribution in [0.2, 0.25) is 0 Å². The number of nitrogens with two attached hydrogens (primary N) is 1. The summed E-state index contributed by atoms with van der Waals surface area (Å²) in [6.45, 7) is 2.25. The average Bonchev–Trinajstić information content (AvgIpc) is 2.34. The SMILES string of the molecule is CC[C@H]1CC[C@@H](NN)C1. The largest absolute Gasteiger partial charge is 0.271 e. The van der Waals surface area contributed by atoms with Crippen molar-refractivity contribution in [3.05, 3.63) is 0 Å². The highest BCUT2D eigenvalue weighted by Gasteiger charge is 2.21. The summed E-state index contributed by atoms with van der Waals surface area (Å²) >= 11 is 0. The second-order valence-corrected chi connectivity index (χ2v) is 2.95. The highest BCUT2D eigenvalue weighted by Crippen LogP contribution is 2.26. The van der Waals surface area contributed by atoms with Gasteiger partial charge in [-0.25, -0.2) is 0 Å². The number of hydrogen-bond donors (Lipinski definition) is 2. The monoisotopic (exact) mass is 128 g/mol. The molecular formula is C7H16N2. The van der Waals surface area contributed by atoms with Crippen LogP contribution in [0.4, 0.5) is 0 Å². The van der Waals surface area contributed by atoms with Crippen LogP contribution in [0.3, 0.4) is 0 Å². The van der Waals surface area contributed by atoms with Crippen molar-refractivity contribution in [2.75, 3.05) is 0 Å². The lowest BCUT2D eigenvalue weighted by molar-refractivity contribution is 0.485. The Morgan fingerprint density at radius 2 is 2.33 bits per heavy atom. The van der Waals surface area contributed by atoms with E-state index in [2.05, 4.69) is 12.3 Å². The number of nitrogens with one attached hydrogen (secondary N) is 1. The third-order valence-corrected chi connectivity index (χ3v) is 2.35. The lowest BCUT2D eigenvalue weighted by Crippen LogP contribution is -2.32. The van der Waals surface area contributed by atoms with E-state index in [0.29, 0.717) is 6.04 Å². The Labute approximate surface area is 56.8 Å². The fourth-order valence-electron chi connectivity index (χ4n) is 1.60. The molecule has 0 amide bonds. The van der Waals surface area contributed by atoms with E-state index in [1.54, 1.807) is 0 Å². The Morgan fingerprint density at radius 3 is 2.67 bits per heavy atom. The zero-order valence-corrected chi connectivity index (χ0v) is 6.06. The van der Waals surface area contributed by atoms with Gasteiger partial charge in [0.1, 0.15) is 0 Å². The van der Waals surface area contributed by atoms with Crippen LogP contribution in [-0.4, -0.2) is 6.04 Å². The fraction of sp³-hybridized carbons (Fsp3) is 1.00. The van der Waals surface area contributed by atoms with E-state index < -0.39 is 0 Å². The van der Waals surface area contributed by atoms with Gasteiger partial charge in [0.2, 0.25) is 0 Å². The quantitative estimate of drug-likeness (QED) is 0.430. The molecule has 0 radical (unpaired) electrons. The second-order valence-electron chi connectivity index (χ2n) is 2.95. The molecule has 9 heavy (non-hydrogen) atoms. The standard InChI is InChI=1S/C7H16N2/c1-2-6-3-4-7(5-6)9-8/h6-7,9H,2-5,8H2,1H3/t6-,7+/m0/s1. The molecule has 0 unspecified atom stereocenters. The molecule has 3 N–H and O–H groups in total. The maximum Gasteiger partial charge on any atom is 0.0213 e. The first-order chi connectivity index (χ1) is 4.36. The van der Waals surface area contributed by atoms with Gasteiger partial charge in [0.15, 0.2) is 0 Å². The first kappa shape index (κ1) is 7.03. The van der Waals surface area contributed by atoms with Crippen LogP contribution in [0, 0.1) is 5.92 Å². The number of rotatable bonds is 2. The Hall–Kier alpha value is -0.0800. The van der Waals surface area contributed by atoms with Crippen molar-refractivity contribution in [1.82, 2.24) is 5.43 Å². The highest BCUT2D eigenvalue weighted by atomic mass is 15.2. The van der Waals surface area contributed by atoms with Crippen molar-refractivity contribution in [2.24, 2.45) is 11.8 Å². The summed E-state index contributed by atoms with van der Waals surface area (Å²) in [6, 6.07) is 0.606. The topological polar surface area (TPSA) is 38.0 Å². The summed E-state index contributed by atoms with van der Waals surface area (Å²) in [5, 5.41) is 0. The Kier molecular flexibility index (Phi) is 2.49. The normalized spacial score (nSPS) is 35.3. The fourth-order valence-corrected chi connectivity index (χ4v) is 1.60. The maximum atomic E-state index is 5.30. The average molecular weight is 128 g/mol. The van der Waals surface area contributed by atoms with Gasteiger partial charge < -0.3 is 0 Å². The van der Waals surface area contributed by atoms with Crippen molar-refractivity contribution >= 4 is 0 Å². The lowest BCUT2D eigenvalue weighted by Gasteiger charge is -2.06.